The number of rotatable bonds is 2. The van der Waals surface area contributed by atoms with Crippen molar-refractivity contribution in [1.82, 2.24) is 4.57 Å². The Labute approximate surface area is 59.2 Å². The SMILES string of the molecule is COc1ccc(C=O)n1C. The van der Waals surface area contributed by atoms with Gasteiger partial charge in [0, 0.05) is 13.1 Å². The third kappa shape index (κ3) is 0.900. The second-order valence-electron chi connectivity index (χ2n) is 1.98. The van der Waals surface area contributed by atoms with Gasteiger partial charge in [-0.1, -0.05) is 0 Å². The number of carbonyl (C=O) groups is 1. The molecule has 0 radical (unpaired) electrons. The molecule has 0 bridgehead atoms. The summed E-state index contributed by atoms with van der Waals surface area (Å²) in [6.07, 6.45) is 0.794. The van der Waals surface area contributed by atoms with Crippen LogP contribution in [0.3, 0.4) is 0 Å². The first-order chi connectivity index (χ1) is 4.79. The molecular weight excluding hydrogens is 130 g/mol. The van der Waals surface area contributed by atoms with Crippen LogP contribution in [0.4, 0.5) is 0 Å². The molecule has 1 aromatic rings. The lowest BCUT2D eigenvalue weighted by atomic mass is 10.5. The van der Waals surface area contributed by atoms with Gasteiger partial charge in [-0.3, -0.25) is 4.79 Å². The highest BCUT2D eigenvalue weighted by molar-refractivity contribution is 5.73. The molecule has 1 heterocycles. The largest absolute Gasteiger partial charge is 0.482 e. The average Bonchev–Trinajstić information content (AvgIpc) is 2.30. The third-order valence-corrected chi connectivity index (χ3v) is 1.44. The Morgan fingerprint density at radius 1 is 1.60 bits per heavy atom. The zero-order valence-corrected chi connectivity index (χ0v) is 6.00. The van der Waals surface area contributed by atoms with Crippen molar-refractivity contribution in [3.8, 4) is 5.88 Å². The number of nitrogens with zero attached hydrogens (tertiary/aromatic N) is 1. The molecule has 1 rings (SSSR count). The maximum absolute atomic E-state index is 10.3. The summed E-state index contributed by atoms with van der Waals surface area (Å²) in [5, 5.41) is 0. The van der Waals surface area contributed by atoms with Crippen molar-refractivity contribution in [1.29, 1.82) is 0 Å². The number of hydrogen-bond acceptors (Lipinski definition) is 2. The Morgan fingerprint density at radius 3 is 2.60 bits per heavy atom. The first-order valence-corrected chi connectivity index (χ1v) is 2.94. The van der Waals surface area contributed by atoms with Gasteiger partial charge in [0.05, 0.1) is 12.8 Å². The van der Waals surface area contributed by atoms with Crippen LogP contribution in [0.5, 0.6) is 5.88 Å². The molecule has 3 heteroatoms. The molecule has 0 saturated carbocycles. The zero-order valence-electron chi connectivity index (χ0n) is 6.00. The molecule has 0 aliphatic rings. The molecule has 0 amide bonds. The van der Waals surface area contributed by atoms with Crippen LogP contribution >= 0.6 is 0 Å². The lowest BCUT2D eigenvalue weighted by Crippen LogP contribution is -1.96. The Morgan fingerprint density at radius 2 is 2.30 bits per heavy atom. The van der Waals surface area contributed by atoms with Crippen molar-refractivity contribution < 1.29 is 9.53 Å². The molecule has 0 N–H and O–H groups in total. The Kier molecular flexibility index (Phi) is 1.76. The normalized spacial score (nSPS) is 9.40. The van der Waals surface area contributed by atoms with E-state index in [0.717, 1.165) is 6.29 Å². The smallest absolute Gasteiger partial charge is 0.193 e. The highest BCUT2D eigenvalue weighted by Gasteiger charge is 2.00. The summed E-state index contributed by atoms with van der Waals surface area (Å²) in [6, 6.07) is 3.47. The number of carbonyl (C=O) groups excluding carboxylic acids is 1. The Balaban J connectivity index is 3.08. The molecule has 0 atom stereocenters. The van der Waals surface area contributed by atoms with Crippen molar-refractivity contribution in [3.63, 3.8) is 0 Å². The number of hydrogen-bond donors (Lipinski definition) is 0. The van der Waals surface area contributed by atoms with Crippen molar-refractivity contribution in [3.05, 3.63) is 17.8 Å². The first-order valence-electron chi connectivity index (χ1n) is 2.94. The molecule has 0 unspecified atom stereocenters. The van der Waals surface area contributed by atoms with Gasteiger partial charge >= 0.3 is 0 Å². The molecular formula is C7H9NO2. The first kappa shape index (κ1) is 6.86. The van der Waals surface area contributed by atoms with E-state index < -0.39 is 0 Å². The van der Waals surface area contributed by atoms with Crippen molar-refractivity contribution in [2.75, 3.05) is 7.11 Å². The molecule has 0 aliphatic heterocycles. The van der Waals surface area contributed by atoms with E-state index in [4.69, 9.17) is 4.74 Å². The third-order valence-electron chi connectivity index (χ3n) is 1.44. The molecule has 3 nitrogen and oxygen atoms in total. The number of methoxy groups -OCH3 is 1. The molecule has 0 aromatic carbocycles. The Bertz CT molecular complexity index is 240. The average molecular weight is 139 g/mol. The minimum absolute atomic E-state index is 0.622. The molecule has 10 heavy (non-hydrogen) atoms. The van der Waals surface area contributed by atoms with Crippen molar-refractivity contribution >= 4 is 6.29 Å². The fourth-order valence-corrected chi connectivity index (χ4v) is 0.831. The highest BCUT2D eigenvalue weighted by Crippen LogP contribution is 2.11. The van der Waals surface area contributed by atoms with Crippen LogP contribution in [0, 0.1) is 0 Å². The van der Waals surface area contributed by atoms with Crippen LogP contribution in [-0.4, -0.2) is 18.0 Å². The van der Waals surface area contributed by atoms with Gasteiger partial charge in [-0.05, 0) is 6.07 Å². The fourth-order valence-electron chi connectivity index (χ4n) is 0.831. The van der Waals surface area contributed by atoms with Gasteiger partial charge in [-0.15, -0.1) is 0 Å². The number of aldehydes is 1. The monoisotopic (exact) mass is 139 g/mol. The second kappa shape index (κ2) is 2.56. The van der Waals surface area contributed by atoms with Gasteiger partial charge in [0.15, 0.2) is 12.2 Å². The predicted molar refractivity (Wildman–Crippen MR) is 37.4 cm³/mol. The number of ether oxygens (including phenoxy) is 1. The predicted octanol–water partition coefficient (Wildman–Crippen LogP) is 0.846. The molecule has 54 valence electrons. The molecule has 0 saturated heterocycles. The summed E-state index contributed by atoms with van der Waals surface area (Å²) in [7, 11) is 3.35. The van der Waals surface area contributed by atoms with Gasteiger partial charge in [-0.2, -0.15) is 0 Å². The molecule has 0 fully saturated rings. The summed E-state index contributed by atoms with van der Waals surface area (Å²) in [4.78, 5) is 10.3. The van der Waals surface area contributed by atoms with E-state index in [1.165, 1.54) is 0 Å². The topological polar surface area (TPSA) is 31.2 Å². The fraction of sp³-hybridized carbons (Fsp3) is 0.286. The van der Waals surface area contributed by atoms with Gasteiger partial charge in [0.2, 0.25) is 0 Å². The quantitative estimate of drug-likeness (QED) is 0.569. The summed E-state index contributed by atoms with van der Waals surface area (Å²) >= 11 is 0. The van der Waals surface area contributed by atoms with E-state index >= 15 is 0 Å². The van der Waals surface area contributed by atoms with Gasteiger partial charge in [-0.25, -0.2) is 0 Å². The van der Waals surface area contributed by atoms with Crippen LogP contribution in [0.15, 0.2) is 12.1 Å². The van der Waals surface area contributed by atoms with Crippen molar-refractivity contribution in [2.45, 2.75) is 0 Å². The molecule has 1 aromatic heterocycles. The van der Waals surface area contributed by atoms with Gasteiger partial charge in [0.25, 0.3) is 0 Å². The minimum atomic E-state index is 0.622. The van der Waals surface area contributed by atoms with Crippen LogP contribution in [0.1, 0.15) is 10.5 Å². The van der Waals surface area contributed by atoms with Crippen LogP contribution in [0.2, 0.25) is 0 Å². The van der Waals surface area contributed by atoms with E-state index in [-0.39, 0.29) is 0 Å². The molecule has 0 aliphatic carbocycles. The van der Waals surface area contributed by atoms with E-state index in [0.29, 0.717) is 11.6 Å². The summed E-state index contributed by atoms with van der Waals surface area (Å²) in [6.45, 7) is 0. The van der Waals surface area contributed by atoms with E-state index in [1.54, 1.807) is 30.9 Å². The van der Waals surface area contributed by atoms with Crippen molar-refractivity contribution in [2.24, 2.45) is 7.05 Å². The number of aromatic nitrogens is 1. The van der Waals surface area contributed by atoms with Crippen LogP contribution in [-0.2, 0) is 7.05 Å². The maximum atomic E-state index is 10.3. The van der Waals surface area contributed by atoms with E-state index in [2.05, 4.69) is 0 Å². The van der Waals surface area contributed by atoms with Gasteiger partial charge < -0.3 is 9.30 Å². The second-order valence-corrected chi connectivity index (χ2v) is 1.98. The lowest BCUT2D eigenvalue weighted by Gasteiger charge is -2.00. The minimum Gasteiger partial charge on any atom is -0.482 e. The maximum Gasteiger partial charge on any atom is 0.193 e. The highest BCUT2D eigenvalue weighted by atomic mass is 16.5. The zero-order chi connectivity index (χ0) is 7.56. The summed E-state index contributed by atoms with van der Waals surface area (Å²) in [5.41, 5.74) is 0.622. The van der Waals surface area contributed by atoms with Gasteiger partial charge in [0.1, 0.15) is 0 Å². The lowest BCUT2D eigenvalue weighted by molar-refractivity contribution is 0.111. The van der Waals surface area contributed by atoms with E-state index in [9.17, 15) is 4.79 Å². The van der Waals surface area contributed by atoms with Crippen LogP contribution < -0.4 is 4.74 Å². The van der Waals surface area contributed by atoms with Crippen LogP contribution in [0.25, 0.3) is 0 Å². The Hall–Kier alpha value is -1.25. The molecule has 0 spiro atoms. The summed E-state index contributed by atoms with van der Waals surface area (Å²) < 4.78 is 6.62. The summed E-state index contributed by atoms with van der Waals surface area (Å²) in [5.74, 6) is 0.696. The standard InChI is InChI=1S/C7H9NO2/c1-8-6(5-9)3-4-7(8)10-2/h3-5H,1-2H3. The van der Waals surface area contributed by atoms with E-state index in [1.807, 2.05) is 0 Å².